The van der Waals surface area contributed by atoms with Crippen LogP contribution in [0.3, 0.4) is 0 Å². The Morgan fingerprint density at radius 1 is 1.42 bits per heavy atom. The second-order valence-electron chi connectivity index (χ2n) is 4.16. The number of benzene rings is 1. The van der Waals surface area contributed by atoms with Crippen LogP contribution in [0.1, 0.15) is 18.5 Å². The highest BCUT2D eigenvalue weighted by Crippen LogP contribution is 2.37. The van der Waals surface area contributed by atoms with Gasteiger partial charge in [0.1, 0.15) is 12.5 Å². The molecule has 1 aliphatic heterocycles. The zero-order valence-electron chi connectivity index (χ0n) is 10.1. The van der Waals surface area contributed by atoms with Crippen molar-refractivity contribution in [3.63, 3.8) is 0 Å². The minimum absolute atomic E-state index is 0.0548. The Bertz CT molecular complexity index is 582. The van der Waals surface area contributed by atoms with Crippen LogP contribution in [0.15, 0.2) is 35.6 Å². The second kappa shape index (κ2) is 4.81. The molecule has 19 heavy (non-hydrogen) atoms. The molecule has 2 rings (SSSR count). The molecule has 0 aliphatic carbocycles. The quantitative estimate of drug-likeness (QED) is 0.856. The Labute approximate surface area is 108 Å². The number of aliphatic hydroxyl groups is 2. The summed E-state index contributed by atoms with van der Waals surface area (Å²) in [6.45, 7) is 0.451. The van der Waals surface area contributed by atoms with Crippen molar-refractivity contribution >= 4 is 11.7 Å². The van der Waals surface area contributed by atoms with E-state index in [9.17, 15) is 24.2 Å². The number of amides is 1. The molecular weight excluding hydrogens is 253 g/mol. The van der Waals surface area contributed by atoms with E-state index in [2.05, 4.69) is 0 Å². The Hall–Kier alpha value is -2.21. The highest BCUT2D eigenvalue weighted by atomic mass is 19.1. The summed E-state index contributed by atoms with van der Waals surface area (Å²) >= 11 is 0. The van der Waals surface area contributed by atoms with Crippen molar-refractivity contribution in [1.29, 1.82) is 0 Å². The summed E-state index contributed by atoms with van der Waals surface area (Å²) in [4.78, 5) is 24.1. The summed E-state index contributed by atoms with van der Waals surface area (Å²) in [6.07, 6.45) is 0. The molecule has 0 fully saturated rings. The summed E-state index contributed by atoms with van der Waals surface area (Å²) in [5, 5.41) is 18.9. The van der Waals surface area contributed by atoms with Crippen molar-refractivity contribution in [3.05, 3.63) is 47.0 Å². The van der Waals surface area contributed by atoms with Crippen molar-refractivity contribution in [3.8, 4) is 0 Å². The van der Waals surface area contributed by atoms with Gasteiger partial charge in [0.2, 0.25) is 0 Å². The van der Waals surface area contributed by atoms with Gasteiger partial charge in [0.25, 0.3) is 5.91 Å². The van der Waals surface area contributed by atoms with Gasteiger partial charge in [-0.25, -0.2) is 4.39 Å². The first-order valence-corrected chi connectivity index (χ1v) is 5.59. The summed E-state index contributed by atoms with van der Waals surface area (Å²) in [5.41, 5.74) is -0.150. The highest BCUT2D eigenvalue weighted by molar-refractivity contribution is 6.08. The monoisotopic (exact) mass is 265 g/mol. The maximum Gasteiger partial charge on any atom is 0.291 e. The third-order valence-electron chi connectivity index (χ3n) is 3.04. The molecule has 0 aromatic heterocycles. The van der Waals surface area contributed by atoms with E-state index in [-0.39, 0.29) is 11.1 Å². The number of nitrogens with zero attached hydrogens (tertiary/aromatic N) is 1. The van der Waals surface area contributed by atoms with Gasteiger partial charge in [-0.1, -0.05) is 18.2 Å². The van der Waals surface area contributed by atoms with E-state index in [0.717, 1.165) is 4.90 Å². The molecule has 5 nitrogen and oxygen atoms in total. The molecule has 1 aromatic carbocycles. The molecule has 1 aliphatic rings. The predicted molar refractivity (Wildman–Crippen MR) is 63.4 cm³/mol. The number of halogens is 1. The van der Waals surface area contributed by atoms with Crippen molar-refractivity contribution in [2.24, 2.45) is 0 Å². The molecule has 0 bridgehead atoms. The SMILES string of the molecule is CC(=O)C1=C(O)C(=O)N(CO)[C@@H]1c1ccccc1F. The summed E-state index contributed by atoms with van der Waals surface area (Å²) < 4.78 is 13.8. The minimum Gasteiger partial charge on any atom is -0.503 e. The fraction of sp³-hybridized carbons (Fsp3) is 0.231. The molecule has 1 amide bonds. The van der Waals surface area contributed by atoms with Crippen LogP contribution in [0.4, 0.5) is 4.39 Å². The first kappa shape index (κ1) is 13.2. The molecule has 0 unspecified atom stereocenters. The van der Waals surface area contributed by atoms with Crippen LogP contribution in [0.2, 0.25) is 0 Å². The zero-order chi connectivity index (χ0) is 14.2. The number of ketones is 1. The third-order valence-corrected chi connectivity index (χ3v) is 3.04. The van der Waals surface area contributed by atoms with E-state index in [1.54, 1.807) is 6.07 Å². The molecule has 2 N–H and O–H groups in total. The number of aliphatic hydroxyl groups excluding tert-OH is 2. The Balaban J connectivity index is 2.61. The van der Waals surface area contributed by atoms with Gasteiger partial charge >= 0.3 is 0 Å². The van der Waals surface area contributed by atoms with Crippen LogP contribution in [-0.2, 0) is 9.59 Å². The number of rotatable bonds is 3. The summed E-state index contributed by atoms with van der Waals surface area (Å²) in [6, 6.07) is 4.50. The normalized spacial score (nSPS) is 19.2. The largest absolute Gasteiger partial charge is 0.503 e. The topological polar surface area (TPSA) is 77.8 Å². The van der Waals surface area contributed by atoms with Gasteiger partial charge in [-0.05, 0) is 13.0 Å². The number of hydrogen-bond acceptors (Lipinski definition) is 4. The summed E-state index contributed by atoms with van der Waals surface area (Å²) in [5.74, 6) is -2.79. The van der Waals surface area contributed by atoms with Crippen molar-refractivity contribution in [2.75, 3.05) is 6.73 Å². The van der Waals surface area contributed by atoms with Crippen molar-refractivity contribution in [1.82, 2.24) is 4.90 Å². The standard InChI is InChI=1S/C13H12FNO4/c1-7(17)10-11(8-4-2-3-5-9(8)14)15(6-16)13(19)12(10)18/h2-5,11,16,18H,6H2,1H3/t11-/m1/s1. The lowest BCUT2D eigenvalue weighted by atomic mass is 9.96. The van der Waals surface area contributed by atoms with Crippen LogP contribution in [-0.4, -0.2) is 33.5 Å². The maximum atomic E-state index is 13.8. The number of hydrogen-bond donors (Lipinski definition) is 2. The van der Waals surface area contributed by atoms with Gasteiger partial charge in [0, 0.05) is 5.56 Å². The van der Waals surface area contributed by atoms with Crippen molar-refractivity contribution in [2.45, 2.75) is 13.0 Å². The van der Waals surface area contributed by atoms with Gasteiger partial charge in [-0.3, -0.25) is 9.59 Å². The second-order valence-corrected chi connectivity index (χ2v) is 4.16. The van der Waals surface area contributed by atoms with Crippen molar-refractivity contribution < 1.29 is 24.2 Å². The molecule has 1 aromatic rings. The van der Waals surface area contributed by atoms with E-state index in [4.69, 9.17) is 0 Å². The highest BCUT2D eigenvalue weighted by Gasteiger charge is 2.42. The molecule has 0 spiro atoms. The van der Waals surface area contributed by atoms with Crippen LogP contribution in [0.25, 0.3) is 0 Å². The first-order valence-electron chi connectivity index (χ1n) is 5.59. The average molecular weight is 265 g/mol. The van der Waals surface area contributed by atoms with E-state index in [1.807, 2.05) is 0 Å². The number of carbonyl (C=O) groups excluding carboxylic acids is 2. The fourth-order valence-corrected chi connectivity index (χ4v) is 2.18. The summed E-state index contributed by atoms with van der Waals surface area (Å²) in [7, 11) is 0. The number of carbonyl (C=O) groups is 2. The molecule has 6 heteroatoms. The van der Waals surface area contributed by atoms with Gasteiger partial charge in [-0.15, -0.1) is 0 Å². The molecule has 0 radical (unpaired) electrons. The lowest BCUT2D eigenvalue weighted by Crippen LogP contribution is -2.32. The predicted octanol–water partition coefficient (Wildman–Crippen LogP) is 1.06. The molecule has 1 atom stereocenters. The van der Waals surface area contributed by atoms with Crippen LogP contribution < -0.4 is 0 Å². The molecule has 0 saturated carbocycles. The van der Waals surface area contributed by atoms with Gasteiger partial charge in [0.05, 0.1) is 11.6 Å². The fourth-order valence-electron chi connectivity index (χ4n) is 2.18. The van der Waals surface area contributed by atoms with E-state index in [1.165, 1.54) is 25.1 Å². The van der Waals surface area contributed by atoms with E-state index in [0.29, 0.717) is 0 Å². The first-order chi connectivity index (χ1) is 8.99. The third kappa shape index (κ3) is 2.00. The lowest BCUT2D eigenvalue weighted by Gasteiger charge is -2.24. The van der Waals surface area contributed by atoms with Gasteiger partial charge in [0.15, 0.2) is 11.5 Å². The van der Waals surface area contributed by atoms with E-state index >= 15 is 0 Å². The number of Topliss-reactive ketones (excluding diaryl/α,β-unsaturated/α-hetero) is 1. The van der Waals surface area contributed by atoms with Crippen LogP contribution >= 0.6 is 0 Å². The Morgan fingerprint density at radius 2 is 2.05 bits per heavy atom. The van der Waals surface area contributed by atoms with Crippen LogP contribution in [0, 0.1) is 5.82 Å². The van der Waals surface area contributed by atoms with E-state index < -0.39 is 36.0 Å². The smallest absolute Gasteiger partial charge is 0.291 e. The van der Waals surface area contributed by atoms with Gasteiger partial charge in [-0.2, -0.15) is 0 Å². The van der Waals surface area contributed by atoms with Crippen LogP contribution in [0.5, 0.6) is 0 Å². The maximum absolute atomic E-state index is 13.8. The van der Waals surface area contributed by atoms with Gasteiger partial charge < -0.3 is 15.1 Å². The molecular formula is C13H12FNO4. The molecule has 1 heterocycles. The lowest BCUT2D eigenvalue weighted by molar-refractivity contribution is -0.133. The Morgan fingerprint density at radius 3 is 2.58 bits per heavy atom. The zero-order valence-corrected chi connectivity index (χ0v) is 10.1. The average Bonchev–Trinajstić information content (AvgIpc) is 2.62. The Kier molecular flexibility index (Phi) is 3.35. The molecule has 0 saturated heterocycles. The minimum atomic E-state index is -1.10. The molecule has 100 valence electrons.